The van der Waals surface area contributed by atoms with Crippen LogP contribution >= 0.6 is 15.9 Å². The third kappa shape index (κ3) is 10.9. The number of nitrogens with one attached hydrogen (secondary N) is 1. The molecule has 1 N–H and O–H groups in total. The van der Waals surface area contributed by atoms with Gasteiger partial charge in [0.1, 0.15) is 0 Å². The Morgan fingerprint density at radius 1 is 1.12 bits per heavy atom. The van der Waals surface area contributed by atoms with E-state index in [0.717, 1.165) is 24.6 Å². The van der Waals surface area contributed by atoms with E-state index < -0.39 is 10.0 Å². The molecular weight excluding hydrogens is 290 g/mol. The fourth-order valence-electron chi connectivity index (χ4n) is 1.26. The van der Waals surface area contributed by atoms with Crippen molar-refractivity contribution < 1.29 is 8.42 Å². The van der Waals surface area contributed by atoms with Crippen molar-refractivity contribution in [2.75, 3.05) is 17.6 Å². The SMILES string of the molecule is CC(C)CCS(=O)(=O)NCCCCCCBr. The van der Waals surface area contributed by atoms with Crippen molar-refractivity contribution >= 4 is 26.0 Å². The fourth-order valence-corrected chi connectivity index (χ4v) is 3.04. The lowest BCUT2D eigenvalue weighted by Gasteiger charge is -2.08. The molecule has 0 aliphatic heterocycles. The molecule has 0 saturated carbocycles. The topological polar surface area (TPSA) is 46.2 Å². The van der Waals surface area contributed by atoms with E-state index in [2.05, 4.69) is 20.7 Å². The first-order valence-electron chi connectivity index (χ1n) is 6.01. The molecule has 0 bridgehead atoms. The summed E-state index contributed by atoms with van der Waals surface area (Å²) in [6.45, 7) is 4.66. The molecular formula is C11H24BrNO2S. The maximum atomic E-state index is 11.5. The van der Waals surface area contributed by atoms with E-state index >= 15 is 0 Å². The molecule has 0 rings (SSSR count). The predicted molar refractivity (Wildman–Crippen MR) is 73.5 cm³/mol. The van der Waals surface area contributed by atoms with Gasteiger partial charge in [-0.25, -0.2) is 13.1 Å². The van der Waals surface area contributed by atoms with Gasteiger partial charge in [-0.1, -0.05) is 42.6 Å². The summed E-state index contributed by atoms with van der Waals surface area (Å²) < 4.78 is 25.7. The van der Waals surface area contributed by atoms with Crippen molar-refractivity contribution in [3.8, 4) is 0 Å². The lowest BCUT2D eigenvalue weighted by atomic mass is 10.2. The summed E-state index contributed by atoms with van der Waals surface area (Å²) in [4.78, 5) is 0. The number of alkyl halides is 1. The Kier molecular flexibility index (Phi) is 9.65. The van der Waals surface area contributed by atoms with Crippen molar-refractivity contribution in [3.05, 3.63) is 0 Å². The minimum atomic E-state index is -3.03. The Bertz CT molecular complexity index is 253. The minimum Gasteiger partial charge on any atom is -0.215 e. The normalized spacial score (nSPS) is 12.2. The summed E-state index contributed by atoms with van der Waals surface area (Å²) in [5.41, 5.74) is 0. The van der Waals surface area contributed by atoms with E-state index in [0.29, 0.717) is 12.5 Å². The molecule has 0 radical (unpaired) electrons. The van der Waals surface area contributed by atoms with Crippen LogP contribution in [0.2, 0.25) is 0 Å². The van der Waals surface area contributed by atoms with Crippen LogP contribution in [0.1, 0.15) is 46.0 Å². The zero-order chi connectivity index (χ0) is 12.4. The highest BCUT2D eigenvalue weighted by Crippen LogP contribution is 2.03. The van der Waals surface area contributed by atoms with Gasteiger partial charge in [0.15, 0.2) is 0 Å². The summed E-state index contributed by atoms with van der Waals surface area (Å²) in [6, 6.07) is 0. The van der Waals surface area contributed by atoms with E-state index in [9.17, 15) is 8.42 Å². The van der Waals surface area contributed by atoms with Gasteiger partial charge in [-0.05, 0) is 25.2 Å². The second-order valence-corrected chi connectivity index (χ2v) is 7.22. The molecule has 0 aromatic carbocycles. The van der Waals surface area contributed by atoms with E-state index in [-0.39, 0.29) is 5.75 Å². The molecule has 0 aromatic rings. The molecule has 0 aromatic heterocycles. The Morgan fingerprint density at radius 3 is 2.31 bits per heavy atom. The van der Waals surface area contributed by atoms with E-state index in [1.807, 2.05) is 13.8 Å². The number of sulfonamides is 1. The smallest absolute Gasteiger partial charge is 0.211 e. The van der Waals surface area contributed by atoms with Crippen LogP contribution in [0, 0.1) is 5.92 Å². The van der Waals surface area contributed by atoms with Crippen LogP contribution in [0.4, 0.5) is 0 Å². The lowest BCUT2D eigenvalue weighted by Crippen LogP contribution is -2.27. The van der Waals surface area contributed by atoms with Crippen LogP contribution in [0.25, 0.3) is 0 Å². The molecule has 3 nitrogen and oxygen atoms in total. The predicted octanol–water partition coefficient (Wildman–Crippen LogP) is 2.91. The molecule has 0 aliphatic carbocycles. The summed E-state index contributed by atoms with van der Waals surface area (Å²) in [6.07, 6.45) is 5.10. The highest BCUT2D eigenvalue weighted by molar-refractivity contribution is 9.09. The second-order valence-electron chi connectivity index (χ2n) is 4.50. The Balaban J connectivity index is 3.51. The van der Waals surface area contributed by atoms with Crippen LogP contribution < -0.4 is 4.72 Å². The van der Waals surface area contributed by atoms with Gasteiger partial charge in [-0.15, -0.1) is 0 Å². The van der Waals surface area contributed by atoms with Gasteiger partial charge in [0.25, 0.3) is 0 Å². The van der Waals surface area contributed by atoms with Crippen molar-refractivity contribution in [3.63, 3.8) is 0 Å². The first-order chi connectivity index (χ1) is 7.48. The minimum absolute atomic E-state index is 0.256. The van der Waals surface area contributed by atoms with E-state index in [1.54, 1.807) is 0 Å². The summed E-state index contributed by atoms with van der Waals surface area (Å²) in [7, 11) is -3.03. The Morgan fingerprint density at radius 2 is 1.75 bits per heavy atom. The van der Waals surface area contributed by atoms with Gasteiger partial charge in [0, 0.05) is 11.9 Å². The van der Waals surface area contributed by atoms with Crippen molar-refractivity contribution in [2.45, 2.75) is 46.0 Å². The number of rotatable bonds is 10. The molecule has 16 heavy (non-hydrogen) atoms. The lowest BCUT2D eigenvalue weighted by molar-refractivity contribution is 0.556. The molecule has 5 heteroatoms. The highest BCUT2D eigenvalue weighted by Gasteiger charge is 2.09. The van der Waals surface area contributed by atoms with Crippen LogP contribution in [0.15, 0.2) is 0 Å². The first kappa shape index (κ1) is 16.4. The third-order valence-electron chi connectivity index (χ3n) is 2.35. The monoisotopic (exact) mass is 313 g/mol. The average molecular weight is 314 g/mol. The largest absolute Gasteiger partial charge is 0.215 e. The van der Waals surface area contributed by atoms with Crippen molar-refractivity contribution in [1.29, 1.82) is 0 Å². The maximum Gasteiger partial charge on any atom is 0.211 e. The molecule has 0 fully saturated rings. The fraction of sp³-hybridized carbons (Fsp3) is 1.00. The summed E-state index contributed by atoms with van der Waals surface area (Å²) in [5.74, 6) is 0.696. The number of halogens is 1. The van der Waals surface area contributed by atoms with Crippen LogP contribution in [0.3, 0.4) is 0 Å². The van der Waals surface area contributed by atoms with Gasteiger partial charge >= 0.3 is 0 Å². The van der Waals surface area contributed by atoms with E-state index in [1.165, 1.54) is 12.8 Å². The van der Waals surface area contributed by atoms with Gasteiger partial charge in [-0.3, -0.25) is 0 Å². The number of unbranched alkanes of at least 4 members (excludes halogenated alkanes) is 3. The number of hydrogen-bond donors (Lipinski definition) is 1. The maximum absolute atomic E-state index is 11.5. The Hall–Kier alpha value is 0.390. The van der Waals surface area contributed by atoms with Crippen molar-refractivity contribution in [1.82, 2.24) is 4.72 Å². The molecule has 0 atom stereocenters. The van der Waals surface area contributed by atoms with Gasteiger partial charge in [0.2, 0.25) is 10.0 Å². The van der Waals surface area contributed by atoms with E-state index in [4.69, 9.17) is 0 Å². The zero-order valence-corrected chi connectivity index (χ0v) is 12.7. The van der Waals surface area contributed by atoms with Gasteiger partial charge in [0.05, 0.1) is 5.75 Å². The first-order valence-corrected chi connectivity index (χ1v) is 8.78. The summed E-state index contributed by atoms with van der Waals surface area (Å²) >= 11 is 3.37. The Labute approximate surface area is 109 Å². The molecule has 0 aliphatic rings. The second kappa shape index (κ2) is 9.42. The van der Waals surface area contributed by atoms with Crippen LogP contribution in [-0.2, 0) is 10.0 Å². The van der Waals surface area contributed by atoms with Crippen LogP contribution in [0.5, 0.6) is 0 Å². The third-order valence-corrected chi connectivity index (χ3v) is 4.32. The quantitative estimate of drug-likeness (QED) is 0.498. The standard InChI is InChI=1S/C11H24BrNO2S/c1-11(2)7-10-16(14,15)13-9-6-4-3-5-8-12/h11,13H,3-10H2,1-2H3. The van der Waals surface area contributed by atoms with Crippen molar-refractivity contribution in [2.24, 2.45) is 5.92 Å². The molecule has 0 heterocycles. The average Bonchev–Trinajstić information content (AvgIpc) is 2.21. The van der Waals surface area contributed by atoms with Crippen LogP contribution in [-0.4, -0.2) is 26.0 Å². The molecule has 0 unspecified atom stereocenters. The van der Waals surface area contributed by atoms with Gasteiger partial charge in [-0.2, -0.15) is 0 Å². The molecule has 0 amide bonds. The molecule has 0 spiro atoms. The summed E-state index contributed by atoms with van der Waals surface area (Å²) in [5, 5.41) is 1.03. The number of hydrogen-bond acceptors (Lipinski definition) is 2. The van der Waals surface area contributed by atoms with Gasteiger partial charge < -0.3 is 0 Å². The highest BCUT2D eigenvalue weighted by atomic mass is 79.9. The molecule has 0 saturated heterocycles. The molecule has 98 valence electrons. The zero-order valence-electron chi connectivity index (χ0n) is 10.3.